The Balaban J connectivity index is 0.742. The quantitative estimate of drug-likeness (QED) is 0.0523. The molecular formula is C65H81N11O10S. The molecule has 1 saturated carbocycles. The van der Waals surface area contributed by atoms with Gasteiger partial charge in [-0.1, -0.05) is 38.1 Å². The summed E-state index contributed by atoms with van der Waals surface area (Å²) < 4.78 is 55.0. The molecule has 3 atom stereocenters. The molecule has 6 aliphatic heterocycles. The van der Waals surface area contributed by atoms with E-state index in [-0.39, 0.29) is 28.6 Å². The molecule has 462 valence electrons. The van der Waals surface area contributed by atoms with Crippen LogP contribution in [-0.4, -0.2) is 165 Å². The monoisotopic (exact) mass is 1210 g/mol. The molecule has 3 aromatic heterocycles. The predicted octanol–water partition coefficient (Wildman–Crippen LogP) is 8.96. The summed E-state index contributed by atoms with van der Waals surface area (Å²) in [6.07, 6.45) is 9.71. The van der Waals surface area contributed by atoms with Crippen LogP contribution in [0.1, 0.15) is 111 Å². The number of amides is 1. The zero-order chi connectivity index (χ0) is 60.2. The summed E-state index contributed by atoms with van der Waals surface area (Å²) >= 11 is 0. The molecule has 1 aliphatic carbocycles. The average molecular weight is 1210 g/mol. The smallest absolute Gasteiger partial charge is 0.293 e. The van der Waals surface area contributed by atoms with E-state index in [0.717, 1.165) is 125 Å². The number of nitro groups is 1. The number of aliphatic hydroxyl groups is 1. The maximum Gasteiger partial charge on any atom is 0.293 e. The number of hydrogen-bond donors (Lipinski definition) is 4. The van der Waals surface area contributed by atoms with Crippen LogP contribution in [0.2, 0.25) is 0 Å². The third-order valence-electron chi connectivity index (χ3n) is 19.9. The van der Waals surface area contributed by atoms with Gasteiger partial charge in [-0.15, -0.1) is 0 Å². The molecule has 7 aliphatic rings. The van der Waals surface area contributed by atoms with E-state index < -0.39 is 43.1 Å². The molecule has 1 amide bonds. The van der Waals surface area contributed by atoms with Gasteiger partial charge >= 0.3 is 0 Å². The standard InChI is InChI=1S/C65H81N11O10S/c1-42(2)49-7-5-6-8-50(49)52-38-71(37-44-31-58(83-4)61(68-36-44)73-26-29-84-30-27-73)25-21-65(52)40-74(41-65)46-16-23-72(24-17-46)47-9-11-51(55(33-47)75-54-18-28-85-39-59(54)86-63-57(75)32-45-15-22-66-60(45)69-63)62(77)70-87(81,82)48-10-12-53(56(34-48)76(79)80)67-35-43-13-19-64(3,78)20-14-43/h5-12,15,22,31-34,36,42-43,46,52,54,59,67,78H,13-14,16-21,23-30,35,37-41H2,1-4H3,(H,66,69)(H,70,77)/t43?,52-,54-,59-,64?/m0/s1. The molecule has 0 unspecified atom stereocenters. The molecule has 9 heterocycles. The van der Waals surface area contributed by atoms with Gasteiger partial charge in [-0.3, -0.25) is 24.7 Å². The Morgan fingerprint density at radius 2 is 1.70 bits per heavy atom. The second-order valence-electron chi connectivity index (χ2n) is 25.9. The number of H-pyrrole nitrogens is 1. The van der Waals surface area contributed by atoms with Crippen LogP contribution in [0.5, 0.6) is 11.6 Å². The second-order valence-corrected chi connectivity index (χ2v) is 27.5. The predicted molar refractivity (Wildman–Crippen MR) is 333 cm³/mol. The number of nitrogens with one attached hydrogen (secondary N) is 3. The van der Waals surface area contributed by atoms with E-state index in [0.29, 0.717) is 93.0 Å². The Labute approximate surface area is 508 Å². The van der Waals surface area contributed by atoms with Crippen molar-refractivity contribution in [2.75, 3.05) is 112 Å². The van der Waals surface area contributed by atoms with Crippen LogP contribution in [0, 0.1) is 21.4 Å². The van der Waals surface area contributed by atoms with Crippen LogP contribution >= 0.6 is 0 Å². The first kappa shape index (κ1) is 58.9. The van der Waals surface area contributed by atoms with Crippen molar-refractivity contribution in [1.29, 1.82) is 0 Å². The van der Waals surface area contributed by atoms with Crippen molar-refractivity contribution in [3.63, 3.8) is 0 Å². The highest BCUT2D eigenvalue weighted by molar-refractivity contribution is 7.90. The van der Waals surface area contributed by atoms with Gasteiger partial charge in [-0.05, 0) is 142 Å². The van der Waals surface area contributed by atoms with E-state index in [4.69, 9.17) is 28.9 Å². The van der Waals surface area contributed by atoms with Crippen LogP contribution in [0.25, 0.3) is 11.0 Å². The summed E-state index contributed by atoms with van der Waals surface area (Å²) in [6, 6.07) is 24.5. The lowest BCUT2D eigenvalue weighted by molar-refractivity contribution is -0.384. The average Bonchev–Trinajstić information content (AvgIpc) is 1.90. The highest BCUT2D eigenvalue weighted by Gasteiger charge is 2.54. The van der Waals surface area contributed by atoms with Crippen LogP contribution in [-0.2, 0) is 26.0 Å². The molecule has 3 aromatic carbocycles. The normalized spacial score (nSPS) is 24.5. The number of aromatic amines is 1. The number of fused-ring (bicyclic) bond motifs is 3. The van der Waals surface area contributed by atoms with Crippen LogP contribution in [0.4, 0.5) is 34.3 Å². The number of likely N-dealkylation sites (tertiary alicyclic amines) is 2. The zero-order valence-electron chi connectivity index (χ0n) is 50.3. The highest BCUT2D eigenvalue weighted by Crippen LogP contribution is 2.53. The van der Waals surface area contributed by atoms with E-state index in [1.807, 2.05) is 43.6 Å². The zero-order valence-corrected chi connectivity index (χ0v) is 51.1. The molecule has 22 heteroatoms. The van der Waals surface area contributed by atoms with Gasteiger partial charge in [-0.25, -0.2) is 18.1 Å². The highest BCUT2D eigenvalue weighted by atomic mass is 32.2. The number of sulfonamides is 1. The van der Waals surface area contributed by atoms with E-state index in [9.17, 15) is 28.4 Å². The number of aromatic nitrogens is 3. The van der Waals surface area contributed by atoms with Crippen molar-refractivity contribution < 1.29 is 42.2 Å². The van der Waals surface area contributed by atoms with Gasteiger partial charge in [-0.2, -0.15) is 4.98 Å². The Bertz CT molecular complexity index is 3630. The first-order valence-electron chi connectivity index (χ1n) is 31.2. The van der Waals surface area contributed by atoms with Crippen LogP contribution < -0.4 is 34.2 Å². The van der Waals surface area contributed by atoms with Gasteiger partial charge in [0.05, 0.1) is 59.6 Å². The number of pyridine rings is 2. The summed E-state index contributed by atoms with van der Waals surface area (Å²) in [5.74, 6) is 2.09. The van der Waals surface area contributed by atoms with Crippen molar-refractivity contribution in [1.82, 2.24) is 29.5 Å². The molecular weight excluding hydrogens is 1130 g/mol. The summed E-state index contributed by atoms with van der Waals surface area (Å²) in [6.45, 7) is 16.9. The Kier molecular flexibility index (Phi) is 16.3. The number of morpholine rings is 1. The third-order valence-corrected chi connectivity index (χ3v) is 21.2. The van der Waals surface area contributed by atoms with Crippen LogP contribution in [0.15, 0.2) is 96.2 Å². The number of anilines is 5. The lowest BCUT2D eigenvalue weighted by Crippen LogP contribution is -2.66. The number of nitro benzene ring substituents is 1. The largest absolute Gasteiger partial charge is 0.493 e. The van der Waals surface area contributed by atoms with Crippen molar-refractivity contribution in [3.05, 3.63) is 124 Å². The SMILES string of the molecule is COc1cc(CN2CCC3(CN(C4CCN(c5ccc(C(=O)NS(=O)(=O)c6ccc(NCC7CCC(C)(O)CC7)c([N+](=O)[O-])c6)c(N6c7cc8cc[nH]c8nc7O[C@H]7COCC[C@@H]76)c5)CC4)C3)[C@H](c3ccccc3C(C)C)C2)cnc1N1CCOCC1. The Morgan fingerprint density at radius 3 is 2.47 bits per heavy atom. The minimum atomic E-state index is -4.65. The third kappa shape index (κ3) is 11.9. The fourth-order valence-electron chi connectivity index (χ4n) is 14.9. The minimum absolute atomic E-state index is 0.104. The number of benzene rings is 3. The van der Waals surface area contributed by atoms with Gasteiger partial charge in [0.1, 0.15) is 23.1 Å². The number of ether oxygens (including phenoxy) is 4. The second kappa shape index (κ2) is 24.1. The number of methoxy groups -OCH3 is 1. The van der Waals surface area contributed by atoms with Crippen molar-refractivity contribution in [3.8, 4) is 11.6 Å². The van der Waals surface area contributed by atoms with E-state index in [2.05, 4.69) is 83.7 Å². The number of hydrogen-bond acceptors (Lipinski definition) is 18. The molecule has 87 heavy (non-hydrogen) atoms. The summed E-state index contributed by atoms with van der Waals surface area (Å²) in [4.78, 5) is 51.4. The Hall–Kier alpha value is -7.08. The maximum atomic E-state index is 14.9. The van der Waals surface area contributed by atoms with Gasteiger partial charge in [0.2, 0.25) is 5.88 Å². The minimum Gasteiger partial charge on any atom is -0.493 e. The molecule has 1 spiro atoms. The van der Waals surface area contributed by atoms with Crippen molar-refractivity contribution >= 4 is 61.2 Å². The van der Waals surface area contributed by atoms with Gasteiger partial charge < -0.3 is 49.1 Å². The van der Waals surface area contributed by atoms with E-state index in [1.165, 1.54) is 23.3 Å². The number of piperidine rings is 2. The van der Waals surface area contributed by atoms with Gasteiger partial charge in [0, 0.05) is 112 Å². The van der Waals surface area contributed by atoms with E-state index >= 15 is 0 Å². The molecule has 21 nitrogen and oxygen atoms in total. The van der Waals surface area contributed by atoms with Crippen LogP contribution in [0.3, 0.4) is 0 Å². The Morgan fingerprint density at radius 1 is 0.908 bits per heavy atom. The first-order valence-corrected chi connectivity index (χ1v) is 32.6. The lowest BCUT2D eigenvalue weighted by Gasteiger charge is -2.61. The maximum absolute atomic E-state index is 14.9. The molecule has 6 aromatic rings. The number of nitrogens with zero attached hydrogens (tertiary/aromatic N) is 8. The fraction of sp³-hybridized carbons (Fsp3) is 0.523. The molecule has 0 bridgehead atoms. The molecule has 0 radical (unpaired) electrons. The number of carbonyl (C=O) groups is 1. The molecule has 5 saturated heterocycles. The lowest BCUT2D eigenvalue weighted by atomic mass is 9.61. The van der Waals surface area contributed by atoms with Gasteiger partial charge in [0.25, 0.3) is 21.6 Å². The number of rotatable bonds is 16. The summed E-state index contributed by atoms with van der Waals surface area (Å²) in [5.41, 5.74) is 5.96. The summed E-state index contributed by atoms with van der Waals surface area (Å²) in [7, 11) is -2.92. The molecule has 4 N–H and O–H groups in total. The van der Waals surface area contributed by atoms with Crippen molar-refractivity contribution in [2.45, 2.75) is 119 Å². The molecule has 13 rings (SSSR count). The topological polar surface area (TPSA) is 233 Å². The van der Waals surface area contributed by atoms with Gasteiger partial charge in [0.15, 0.2) is 11.6 Å². The number of carbonyl (C=O) groups excluding carboxylic acids is 1. The molecule has 6 fully saturated rings. The fourth-order valence-corrected chi connectivity index (χ4v) is 15.9. The van der Waals surface area contributed by atoms with E-state index in [1.54, 1.807) is 13.2 Å². The summed E-state index contributed by atoms with van der Waals surface area (Å²) in [5, 5.41) is 26.9. The first-order chi connectivity index (χ1) is 42.0. The van der Waals surface area contributed by atoms with Crippen molar-refractivity contribution in [2.24, 2.45) is 11.3 Å².